The molecule has 0 unspecified atom stereocenters. The van der Waals surface area contributed by atoms with Crippen LogP contribution in [0.15, 0.2) is 90.1 Å². The van der Waals surface area contributed by atoms with Gasteiger partial charge in [0.05, 0.1) is 11.8 Å². The highest BCUT2D eigenvalue weighted by molar-refractivity contribution is 8.00. The van der Waals surface area contributed by atoms with Crippen LogP contribution in [0, 0.1) is 0 Å². The molecule has 1 amide bonds. The van der Waals surface area contributed by atoms with Gasteiger partial charge < -0.3 is 10.4 Å². The lowest BCUT2D eigenvalue weighted by Gasteiger charge is -2.14. The van der Waals surface area contributed by atoms with E-state index in [2.05, 4.69) is 15.5 Å². The number of nitrogens with one attached hydrogen (secondary N) is 1. The zero-order valence-corrected chi connectivity index (χ0v) is 17.8. The van der Waals surface area contributed by atoms with Crippen LogP contribution in [0.4, 0.5) is 5.69 Å². The molecule has 2 N–H and O–H groups in total. The second-order valence-electron chi connectivity index (χ2n) is 7.04. The maximum Gasteiger partial charge on any atom is 0.237 e. The van der Waals surface area contributed by atoms with E-state index in [4.69, 9.17) is 0 Å². The lowest BCUT2D eigenvalue weighted by atomic mass is 10.2. The Labute approximate surface area is 185 Å². The molecule has 4 aromatic rings. The molecule has 0 saturated heterocycles. The number of anilines is 1. The monoisotopic (exact) mass is 430 g/mol. The second-order valence-corrected chi connectivity index (χ2v) is 8.35. The Morgan fingerprint density at radius 1 is 0.968 bits per heavy atom. The van der Waals surface area contributed by atoms with Crippen molar-refractivity contribution in [1.29, 1.82) is 0 Å². The Bertz CT molecular complexity index is 1150. The van der Waals surface area contributed by atoms with Crippen molar-refractivity contribution < 1.29 is 9.90 Å². The zero-order valence-electron chi connectivity index (χ0n) is 17.0. The number of thioether (sulfide) groups is 1. The number of hydrogen-bond donors (Lipinski definition) is 2. The average Bonchev–Trinajstić information content (AvgIpc) is 3.17. The number of hydrogen-bond acceptors (Lipinski definition) is 5. The second kappa shape index (κ2) is 9.49. The molecule has 1 heterocycles. The predicted octanol–water partition coefficient (Wildman–Crippen LogP) is 4.82. The number of aromatic nitrogens is 3. The fourth-order valence-electron chi connectivity index (χ4n) is 3.09. The summed E-state index contributed by atoms with van der Waals surface area (Å²) in [6.45, 7) is 2.42. The minimum Gasteiger partial charge on any atom is -0.508 e. The summed E-state index contributed by atoms with van der Waals surface area (Å²) in [5, 5.41) is 21.6. The zero-order chi connectivity index (χ0) is 21.6. The number of rotatable bonds is 7. The third-order valence-corrected chi connectivity index (χ3v) is 5.80. The van der Waals surface area contributed by atoms with E-state index >= 15 is 0 Å². The largest absolute Gasteiger partial charge is 0.508 e. The van der Waals surface area contributed by atoms with Crippen LogP contribution >= 0.6 is 11.8 Å². The van der Waals surface area contributed by atoms with Gasteiger partial charge in [-0.1, -0.05) is 60.3 Å². The van der Waals surface area contributed by atoms with Crippen LogP contribution in [0.25, 0.3) is 11.4 Å². The minimum absolute atomic E-state index is 0.100. The Morgan fingerprint density at radius 2 is 1.61 bits per heavy atom. The summed E-state index contributed by atoms with van der Waals surface area (Å²) >= 11 is 1.36. The summed E-state index contributed by atoms with van der Waals surface area (Å²) in [6, 6.07) is 26.3. The van der Waals surface area contributed by atoms with Gasteiger partial charge in [0.1, 0.15) is 5.75 Å². The molecule has 1 atom stereocenters. The van der Waals surface area contributed by atoms with Gasteiger partial charge in [-0.3, -0.25) is 9.36 Å². The predicted molar refractivity (Wildman–Crippen MR) is 123 cm³/mol. The molecule has 0 aliphatic heterocycles. The summed E-state index contributed by atoms with van der Waals surface area (Å²) in [4.78, 5) is 12.7. The first kappa shape index (κ1) is 20.7. The summed E-state index contributed by atoms with van der Waals surface area (Å²) in [5.74, 6) is 0.775. The van der Waals surface area contributed by atoms with E-state index in [-0.39, 0.29) is 16.9 Å². The van der Waals surface area contributed by atoms with Gasteiger partial charge in [0.15, 0.2) is 11.0 Å². The molecule has 0 bridgehead atoms. The number of amides is 1. The summed E-state index contributed by atoms with van der Waals surface area (Å²) in [6.07, 6.45) is 0. The fourth-order valence-corrected chi connectivity index (χ4v) is 3.93. The molecule has 156 valence electrons. The third kappa shape index (κ3) is 5.13. The average molecular weight is 431 g/mol. The minimum atomic E-state index is -0.369. The van der Waals surface area contributed by atoms with Gasteiger partial charge in [0.2, 0.25) is 5.91 Å². The van der Waals surface area contributed by atoms with Crippen molar-refractivity contribution in [2.75, 3.05) is 5.32 Å². The molecule has 0 aliphatic rings. The van der Waals surface area contributed by atoms with Gasteiger partial charge in [-0.2, -0.15) is 0 Å². The van der Waals surface area contributed by atoms with Crippen molar-refractivity contribution in [3.05, 3.63) is 90.5 Å². The molecule has 3 aromatic carbocycles. The van der Waals surface area contributed by atoms with E-state index in [0.29, 0.717) is 17.5 Å². The number of phenols is 1. The van der Waals surface area contributed by atoms with E-state index in [1.807, 2.05) is 72.2 Å². The lowest BCUT2D eigenvalue weighted by Crippen LogP contribution is -2.23. The van der Waals surface area contributed by atoms with Gasteiger partial charge in [-0.25, -0.2) is 0 Å². The highest BCUT2D eigenvalue weighted by atomic mass is 32.2. The molecule has 6 nitrogen and oxygen atoms in total. The van der Waals surface area contributed by atoms with E-state index in [1.165, 1.54) is 11.8 Å². The van der Waals surface area contributed by atoms with Crippen LogP contribution in [0.5, 0.6) is 5.75 Å². The quantitative estimate of drug-likeness (QED) is 0.411. The SMILES string of the molecule is C[C@H](Sc1nnc(-c2ccc(O)cc2)n1Cc1ccccc1)C(=O)Nc1ccccc1. The van der Waals surface area contributed by atoms with E-state index in [9.17, 15) is 9.90 Å². The van der Waals surface area contributed by atoms with Gasteiger partial charge in [0, 0.05) is 11.3 Å². The Kier molecular flexibility index (Phi) is 6.33. The standard InChI is InChI=1S/C24H22N4O2S/c1-17(23(30)25-20-10-6-3-7-11-20)31-24-27-26-22(19-12-14-21(29)15-13-19)28(24)16-18-8-4-2-5-9-18/h2-15,17,29H,16H2,1H3,(H,25,30)/t17-/m0/s1. The molecule has 0 radical (unpaired) electrons. The van der Waals surface area contributed by atoms with Crippen molar-refractivity contribution in [1.82, 2.24) is 14.8 Å². The van der Waals surface area contributed by atoms with Crippen LogP contribution in [-0.2, 0) is 11.3 Å². The Balaban J connectivity index is 1.60. The van der Waals surface area contributed by atoms with Gasteiger partial charge in [0.25, 0.3) is 0 Å². The van der Waals surface area contributed by atoms with Crippen LogP contribution in [0.1, 0.15) is 12.5 Å². The molecule has 4 rings (SSSR count). The first-order valence-electron chi connectivity index (χ1n) is 9.89. The molecule has 1 aromatic heterocycles. The van der Waals surface area contributed by atoms with Gasteiger partial charge in [-0.05, 0) is 48.9 Å². The van der Waals surface area contributed by atoms with Crippen molar-refractivity contribution in [2.24, 2.45) is 0 Å². The highest BCUT2D eigenvalue weighted by Gasteiger charge is 2.21. The summed E-state index contributed by atoms with van der Waals surface area (Å²) < 4.78 is 2.00. The molecule has 0 spiro atoms. The number of aromatic hydroxyl groups is 1. The van der Waals surface area contributed by atoms with Crippen LogP contribution < -0.4 is 5.32 Å². The normalized spacial score (nSPS) is 11.8. The van der Waals surface area contributed by atoms with Crippen LogP contribution in [0.3, 0.4) is 0 Å². The van der Waals surface area contributed by atoms with E-state index in [0.717, 1.165) is 16.8 Å². The first-order valence-corrected chi connectivity index (χ1v) is 10.8. The maximum absolute atomic E-state index is 12.7. The molecular formula is C24H22N4O2S. The Morgan fingerprint density at radius 3 is 2.29 bits per heavy atom. The topological polar surface area (TPSA) is 80.0 Å². The van der Waals surface area contributed by atoms with Gasteiger partial charge in [-0.15, -0.1) is 10.2 Å². The van der Waals surface area contributed by atoms with Gasteiger partial charge >= 0.3 is 0 Å². The molecule has 7 heteroatoms. The fraction of sp³-hybridized carbons (Fsp3) is 0.125. The molecule has 0 aliphatic carbocycles. The smallest absolute Gasteiger partial charge is 0.237 e. The number of benzene rings is 3. The summed E-state index contributed by atoms with van der Waals surface area (Å²) in [5.41, 5.74) is 2.70. The van der Waals surface area contributed by atoms with Crippen molar-refractivity contribution >= 4 is 23.4 Å². The van der Waals surface area contributed by atoms with E-state index in [1.54, 1.807) is 24.3 Å². The molecule has 0 saturated carbocycles. The number of nitrogens with zero attached hydrogens (tertiary/aromatic N) is 3. The first-order chi connectivity index (χ1) is 15.1. The maximum atomic E-state index is 12.7. The van der Waals surface area contributed by atoms with Crippen molar-refractivity contribution in [3.63, 3.8) is 0 Å². The number of carbonyl (C=O) groups is 1. The molecular weight excluding hydrogens is 408 g/mol. The number of phenolic OH excluding ortho intramolecular Hbond substituents is 1. The van der Waals surface area contributed by atoms with E-state index < -0.39 is 0 Å². The lowest BCUT2D eigenvalue weighted by molar-refractivity contribution is -0.115. The van der Waals surface area contributed by atoms with Crippen LogP contribution in [0.2, 0.25) is 0 Å². The van der Waals surface area contributed by atoms with Crippen LogP contribution in [-0.4, -0.2) is 31.0 Å². The highest BCUT2D eigenvalue weighted by Crippen LogP contribution is 2.29. The van der Waals surface area contributed by atoms with Crippen molar-refractivity contribution in [3.8, 4) is 17.1 Å². The summed E-state index contributed by atoms with van der Waals surface area (Å²) in [7, 11) is 0. The molecule has 0 fully saturated rings. The third-order valence-electron chi connectivity index (χ3n) is 4.72. The van der Waals surface area contributed by atoms with Crippen molar-refractivity contribution in [2.45, 2.75) is 23.9 Å². The number of carbonyl (C=O) groups excluding carboxylic acids is 1. The Hall–Kier alpha value is -3.58. The molecule has 31 heavy (non-hydrogen) atoms. The number of para-hydroxylation sites is 1.